The van der Waals surface area contributed by atoms with Crippen molar-refractivity contribution in [2.24, 2.45) is 0 Å². The maximum Gasteiger partial charge on any atom is 0.0765 e. The van der Waals surface area contributed by atoms with Gasteiger partial charge in [0, 0.05) is 37.8 Å². The van der Waals surface area contributed by atoms with Gasteiger partial charge in [0.15, 0.2) is 0 Å². The molecule has 0 aliphatic rings. The van der Waals surface area contributed by atoms with Crippen LogP contribution < -0.4 is 0 Å². The number of aromatic nitrogens is 2. The van der Waals surface area contributed by atoms with Crippen LogP contribution in [0.2, 0.25) is 0 Å². The van der Waals surface area contributed by atoms with Crippen LogP contribution in [-0.2, 0) is 13.1 Å². The molecule has 0 N–H and O–H groups in total. The Kier molecular flexibility index (Phi) is 5.62. The van der Waals surface area contributed by atoms with Gasteiger partial charge >= 0.3 is 0 Å². The molecule has 1 aromatic carbocycles. The van der Waals surface area contributed by atoms with Gasteiger partial charge in [-0.15, -0.1) is 11.6 Å². The van der Waals surface area contributed by atoms with Crippen LogP contribution in [0.1, 0.15) is 31.1 Å². The normalized spacial score (nSPS) is 11.4. The van der Waals surface area contributed by atoms with Crippen LogP contribution in [0.25, 0.3) is 0 Å². The molecular weight excluding hydrogens is 270 g/mol. The Bertz CT molecular complexity index is 507. The molecule has 20 heavy (non-hydrogen) atoms. The van der Waals surface area contributed by atoms with E-state index in [-0.39, 0.29) is 0 Å². The van der Waals surface area contributed by atoms with Crippen LogP contribution in [0, 0.1) is 0 Å². The molecule has 2 rings (SSSR count). The van der Waals surface area contributed by atoms with Crippen molar-refractivity contribution in [3.63, 3.8) is 0 Å². The van der Waals surface area contributed by atoms with E-state index in [2.05, 4.69) is 54.2 Å². The standard InChI is InChI=1S/C16H22ClN3/c1-14(2)20-10-8-16(18-20)13-19(11-9-17)12-15-6-4-3-5-7-15/h3-8,10,14H,9,11-13H2,1-2H3. The van der Waals surface area contributed by atoms with Crippen molar-refractivity contribution in [3.05, 3.63) is 53.9 Å². The first-order valence-corrected chi connectivity index (χ1v) is 7.58. The summed E-state index contributed by atoms with van der Waals surface area (Å²) in [6.07, 6.45) is 2.04. The third-order valence-corrected chi connectivity index (χ3v) is 3.40. The highest BCUT2D eigenvalue weighted by Gasteiger charge is 2.09. The third-order valence-electron chi connectivity index (χ3n) is 3.23. The molecule has 0 atom stereocenters. The summed E-state index contributed by atoms with van der Waals surface area (Å²) in [5, 5.41) is 4.61. The number of nitrogens with zero attached hydrogens (tertiary/aromatic N) is 3. The molecule has 2 aromatic rings. The average molecular weight is 292 g/mol. The molecule has 0 spiro atoms. The maximum absolute atomic E-state index is 5.92. The molecule has 0 radical (unpaired) electrons. The van der Waals surface area contributed by atoms with E-state index in [4.69, 9.17) is 11.6 Å². The monoisotopic (exact) mass is 291 g/mol. The van der Waals surface area contributed by atoms with E-state index in [0.717, 1.165) is 25.3 Å². The minimum atomic E-state index is 0.402. The molecule has 0 aliphatic carbocycles. The van der Waals surface area contributed by atoms with Gasteiger partial charge in [0.05, 0.1) is 5.69 Å². The van der Waals surface area contributed by atoms with Gasteiger partial charge in [-0.1, -0.05) is 30.3 Å². The Labute approximate surface area is 126 Å². The summed E-state index contributed by atoms with van der Waals surface area (Å²) in [5.74, 6) is 0.637. The minimum absolute atomic E-state index is 0.402. The number of rotatable bonds is 7. The zero-order chi connectivity index (χ0) is 14.4. The third kappa shape index (κ3) is 4.36. The van der Waals surface area contributed by atoms with E-state index < -0.39 is 0 Å². The molecule has 0 saturated heterocycles. The smallest absolute Gasteiger partial charge is 0.0765 e. The van der Waals surface area contributed by atoms with E-state index in [1.807, 2.05) is 16.9 Å². The zero-order valence-electron chi connectivity index (χ0n) is 12.2. The van der Waals surface area contributed by atoms with E-state index in [1.54, 1.807) is 0 Å². The lowest BCUT2D eigenvalue weighted by Gasteiger charge is -2.20. The van der Waals surface area contributed by atoms with Gasteiger partial charge < -0.3 is 0 Å². The van der Waals surface area contributed by atoms with Crippen LogP contribution in [0.3, 0.4) is 0 Å². The molecule has 3 nitrogen and oxygen atoms in total. The molecule has 0 aliphatic heterocycles. The number of hydrogen-bond donors (Lipinski definition) is 0. The summed E-state index contributed by atoms with van der Waals surface area (Å²) in [4.78, 5) is 2.33. The van der Waals surface area contributed by atoms with Crippen molar-refractivity contribution in [1.82, 2.24) is 14.7 Å². The first kappa shape index (κ1) is 15.1. The van der Waals surface area contributed by atoms with Crippen LogP contribution in [0.4, 0.5) is 0 Å². The quantitative estimate of drug-likeness (QED) is 0.725. The Morgan fingerprint density at radius 2 is 1.90 bits per heavy atom. The summed E-state index contributed by atoms with van der Waals surface area (Å²) in [7, 11) is 0. The van der Waals surface area contributed by atoms with Gasteiger partial charge in [-0.2, -0.15) is 5.10 Å². The van der Waals surface area contributed by atoms with Crippen molar-refractivity contribution in [3.8, 4) is 0 Å². The Balaban J connectivity index is 2.01. The van der Waals surface area contributed by atoms with Gasteiger partial charge in [0.2, 0.25) is 0 Å². The molecule has 1 aromatic heterocycles. The molecule has 0 fully saturated rings. The van der Waals surface area contributed by atoms with Crippen LogP contribution in [0.5, 0.6) is 0 Å². The van der Waals surface area contributed by atoms with Crippen molar-refractivity contribution < 1.29 is 0 Å². The molecular formula is C16H22ClN3. The van der Waals surface area contributed by atoms with Gasteiger partial charge in [-0.25, -0.2) is 0 Å². The Morgan fingerprint density at radius 1 is 1.15 bits per heavy atom. The fourth-order valence-corrected chi connectivity index (χ4v) is 2.39. The lowest BCUT2D eigenvalue weighted by molar-refractivity contribution is 0.268. The summed E-state index contributed by atoms with van der Waals surface area (Å²) in [6, 6.07) is 13.0. The van der Waals surface area contributed by atoms with Gasteiger partial charge in [0.1, 0.15) is 0 Å². The Hall–Kier alpha value is -1.32. The number of halogens is 1. The predicted octanol–water partition coefficient (Wildman–Crippen LogP) is 3.71. The number of benzene rings is 1. The molecule has 0 amide bonds. The largest absolute Gasteiger partial charge is 0.292 e. The molecule has 0 saturated carbocycles. The summed E-state index contributed by atoms with van der Waals surface area (Å²) < 4.78 is 2.00. The Morgan fingerprint density at radius 3 is 2.50 bits per heavy atom. The second-order valence-corrected chi connectivity index (χ2v) is 5.64. The zero-order valence-corrected chi connectivity index (χ0v) is 12.9. The van der Waals surface area contributed by atoms with E-state index in [0.29, 0.717) is 11.9 Å². The lowest BCUT2D eigenvalue weighted by Crippen LogP contribution is -2.25. The fourth-order valence-electron chi connectivity index (χ4n) is 2.15. The topological polar surface area (TPSA) is 21.1 Å². The highest BCUT2D eigenvalue weighted by Crippen LogP contribution is 2.10. The second kappa shape index (κ2) is 7.46. The SMILES string of the molecule is CC(C)n1ccc(CN(CCCl)Cc2ccccc2)n1. The van der Waals surface area contributed by atoms with Crippen molar-refractivity contribution in [2.45, 2.75) is 33.0 Å². The number of hydrogen-bond acceptors (Lipinski definition) is 2. The van der Waals surface area contributed by atoms with Crippen molar-refractivity contribution in [1.29, 1.82) is 0 Å². The summed E-state index contributed by atoms with van der Waals surface area (Å²) >= 11 is 5.92. The minimum Gasteiger partial charge on any atom is -0.292 e. The summed E-state index contributed by atoms with van der Waals surface area (Å²) in [5.41, 5.74) is 2.40. The first-order chi connectivity index (χ1) is 9.69. The number of alkyl halides is 1. The fraction of sp³-hybridized carbons (Fsp3) is 0.438. The van der Waals surface area contributed by atoms with Gasteiger partial charge in [-0.3, -0.25) is 9.58 Å². The van der Waals surface area contributed by atoms with E-state index >= 15 is 0 Å². The van der Waals surface area contributed by atoms with Gasteiger partial charge in [0.25, 0.3) is 0 Å². The van der Waals surface area contributed by atoms with E-state index in [9.17, 15) is 0 Å². The molecule has 4 heteroatoms. The van der Waals surface area contributed by atoms with Crippen LogP contribution >= 0.6 is 11.6 Å². The van der Waals surface area contributed by atoms with Gasteiger partial charge in [-0.05, 0) is 25.5 Å². The average Bonchev–Trinajstić information content (AvgIpc) is 2.89. The maximum atomic E-state index is 5.92. The molecule has 0 bridgehead atoms. The first-order valence-electron chi connectivity index (χ1n) is 7.05. The lowest BCUT2D eigenvalue weighted by atomic mass is 10.2. The van der Waals surface area contributed by atoms with Crippen molar-refractivity contribution in [2.75, 3.05) is 12.4 Å². The van der Waals surface area contributed by atoms with Crippen LogP contribution in [0.15, 0.2) is 42.6 Å². The molecule has 0 unspecified atom stereocenters. The highest BCUT2D eigenvalue weighted by molar-refractivity contribution is 6.18. The van der Waals surface area contributed by atoms with Crippen LogP contribution in [-0.4, -0.2) is 27.1 Å². The molecule has 1 heterocycles. The second-order valence-electron chi connectivity index (χ2n) is 5.27. The predicted molar refractivity (Wildman–Crippen MR) is 83.9 cm³/mol. The highest BCUT2D eigenvalue weighted by atomic mass is 35.5. The van der Waals surface area contributed by atoms with E-state index in [1.165, 1.54) is 5.56 Å². The van der Waals surface area contributed by atoms with Crippen molar-refractivity contribution >= 4 is 11.6 Å². The molecule has 108 valence electrons. The summed E-state index contributed by atoms with van der Waals surface area (Å²) in [6.45, 7) is 6.88.